The van der Waals surface area contributed by atoms with Gasteiger partial charge in [0.1, 0.15) is 5.75 Å². The highest BCUT2D eigenvalue weighted by atomic mass is 32.1. The van der Waals surface area contributed by atoms with Crippen LogP contribution in [-0.4, -0.2) is 16.8 Å². The number of rotatable bonds is 6. The maximum Gasteiger partial charge on any atom is 0.220 e. The number of thiophene rings is 1. The van der Waals surface area contributed by atoms with Crippen LogP contribution in [0.15, 0.2) is 29.6 Å². The van der Waals surface area contributed by atoms with E-state index in [9.17, 15) is 14.7 Å². The predicted molar refractivity (Wildman–Crippen MR) is 87.3 cm³/mol. The molecule has 0 atom stereocenters. The van der Waals surface area contributed by atoms with E-state index in [-0.39, 0.29) is 30.3 Å². The largest absolute Gasteiger partial charge is 0.507 e. The number of carbonyl (C=O) groups is 2. The van der Waals surface area contributed by atoms with Gasteiger partial charge < -0.3 is 10.4 Å². The zero-order chi connectivity index (χ0) is 16.1. The monoisotopic (exact) mass is 317 g/mol. The van der Waals surface area contributed by atoms with Gasteiger partial charge in [0.25, 0.3) is 0 Å². The van der Waals surface area contributed by atoms with Crippen LogP contribution in [-0.2, 0) is 11.3 Å². The lowest BCUT2D eigenvalue weighted by Gasteiger charge is -2.09. The van der Waals surface area contributed by atoms with Gasteiger partial charge in [0.15, 0.2) is 5.78 Å². The Bertz CT molecular complexity index is 654. The number of aromatic hydroxyl groups is 1. The number of hydrogen-bond acceptors (Lipinski definition) is 4. The Labute approximate surface area is 133 Å². The summed E-state index contributed by atoms with van der Waals surface area (Å²) in [5.74, 6) is 0.145. The van der Waals surface area contributed by atoms with E-state index in [0.29, 0.717) is 11.4 Å². The van der Waals surface area contributed by atoms with Gasteiger partial charge in [0.2, 0.25) is 5.91 Å². The minimum atomic E-state index is -0.145. The summed E-state index contributed by atoms with van der Waals surface area (Å²) in [4.78, 5) is 24.3. The van der Waals surface area contributed by atoms with Crippen LogP contribution in [0.3, 0.4) is 0 Å². The lowest BCUT2D eigenvalue weighted by molar-refractivity contribution is -0.121. The molecule has 1 aromatic heterocycles. The molecule has 0 bridgehead atoms. The van der Waals surface area contributed by atoms with Crippen molar-refractivity contribution in [2.24, 2.45) is 0 Å². The second-order valence-corrected chi connectivity index (χ2v) is 6.20. The first-order chi connectivity index (χ1) is 10.5. The van der Waals surface area contributed by atoms with Crippen molar-refractivity contribution in [3.63, 3.8) is 0 Å². The Hall–Kier alpha value is -2.14. The fourth-order valence-electron chi connectivity index (χ4n) is 2.22. The van der Waals surface area contributed by atoms with Gasteiger partial charge in [-0.05, 0) is 42.0 Å². The van der Waals surface area contributed by atoms with Crippen LogP contribution in [0.1, 0.15) is 39.2 Å². The number of ketones is 1. The number of amides is 1. The van der Waals surface area contributed by atoms with E-state index in [1.807, 2.05) is 37.4 Å². The summed E-state index contributed by atoms with van der Waals surface area (Å²) in [6, 6.07) is 7.29. The molecule has 2 rings (SSSR count). The summed E-state index contributed by atoms with van der Waals surface area (Å²) in [6.07, 6.45) is 0.409. The predicted octanol–water partition coefficient (Wildman–Crippen LogP) is 3.35. The molecule has 1 aromatic carbocycles. The number of benzene rings is 1. The van der Waals surface area contributed by atoms with Gasteiger partial charge >= 0.3 is 0 Å². The second-order valence-electron chi connectivity index (χ2n) is 5.26. The van der Waals surface area contributed by atoms with Gasteiger partial charge in [0, 0.05) is 19.4 Å². The smallest absolute Gasteiger partial charge is 0.220 e. The first-order valence-electron chi connectivity index (χ1n) is 7.10. The minimum absolute atomic E-state index is 0.00136. The number of nitrogens with one attached hydrogen (secondary N) is 1. The molecule has 0 saturated heterocycles. The van der Waals surface area contributed by atoms with Crippen LogP contribution in [0.2, 0.25) is 0 Å². The van der Waals surface area contributed by atoms with Crippen LogP contribution in [0.25, 0.3) is 0 Å². The maximum atomic E-state index is 11.8. The van der Waals surface area contributed by atoms with Crippen molar-refractivity contribution < 1.29 is 14.7 Å². The highest BCUT2D eigenvalue weighted by molar-refractivity contribution is 7.12. The first kappa shape index (κ1) is 16.2. The molecule has 0 radical (unpaired) electrons. The van der Waals surface area contributed by atoms with Crippen molar-refractivity contribution in [3.8, 4) is 5.75 Å². The van der Waals surface area contributed by atoms with Crippen LogP contribution in [0.4, 0.5) is 0 Å². The van der Waals surface area contributed by atoms with Crippen molar-refractivity contribution in [1.29, 1.82) is 0 Å². The number of hydrogen-bond donors (Lipinski definition) is 2. The van der Waals surface area contributed by atoms with Gasteiger partial charge in [-0.15, -0.1) is 11.3 Å². The third kappa shape index (κ3) is 4.18. The SMILES string of the molecule is Cc1cc(CNC(=O)CCC(=O)c2cccs2)cc(C)c1O. The summed E-state index contributed by atoms with van der Waals surface area (Å²) in [7, 11) is 0. The second kappa shape index (κ2) is 7.22. The van der Waals surface area contributed by atoms with E-state index in [1.54, 1.807) is 6.07 Å². The molecule has 0 fully saturated rings. The van der Waals surface area contributed by atoms with Crippen molar-refractivity contribution in [3.05, 3.63) is 51.2 Å². The molecule has 0 aliphatic heterocycles. The summed E-state index contributed by atoms with van der Waals surface area (Å²) in [5, 5.41) is 14.4. The number of phenols is 1. The molecule has 2 aromatic rings. The molecular weight excluding hydrogens is 298 g/mol. The van der Waals surface area contributed by atoms with Crippen molar-refractivity contribution in [1.82, 2.24) is 5.32 Å². The Kier molecular flexibility index (Phi) is 5.33. The number of Topliss-reactive ketones (excluding diaryl/α,β-unsaturated/α-hetero) is 1. The summed E-state index contributed by atoms with van der Waals surface area (Å²) < 4.78 is 0. The van der Waals surface area contributed by atoms with Crippen LogP contribution in [0, 0.1) is 13.8 Å². The third-order valence-electron chi connectivity index (χ3n) is 3.42. The molecule has 4 nitrogen and oxygen atoms in total. The standard InChI is InChI=1S/C17H19NO3S/c1-11-8-13(9-12(2)17(11)21)10-18-16(20)6-5-14(19)15-4-3-7-22-15/h3-4,7-9,21H,5-6,10H2,1-2H3,(H,18,20). The van der Waals surface area contributed by atoms with Gasteiger partial charge in [-0.2, -0.15) is 0 Å². The molecular formula is C17H19NO3S. The molecule has 116 valence electrons. The molecule has 1 amide bonds. The molecule has 0 aliphatic carbocycles. The fourth-order valence-corrected chi connectivity index (χ4v) is 2.92. The Morgan fingerprint density at radius 3 is 2.45 bits per heavy atom. The summed E-state index contributed by atoms with van der Waals surface area (Å²) in [5.41, 5.74) is 2.51. The number of carbonyl (C=O) groups excluding carboxylic acids is 2. The van der Waals surface area contributed by atoms with E-state index in [1.165, 1.54) is 11.3 Å². The van der Waals surface area contributed by atoms with Gasteiger partial charge in [-0.3, -0.25) is 9.59 Å². The molecule has 0 saturated carbocycles. The maximum absolute atomic E-state index is 11.8. The number of aryl methyl sites for hydroxylation is 2. The van der Waals surface area contributed by atoms with Crippen LogP contribution in [0.5, 0.6) is 5.75 Å². The zero-order valence-corrected chi connectivity index (χ0v) is 13.5. The summed E-state index contributed by atoms with van der Waals surface area (Å²) in [6.45, 7) is 4.05. The van der Waals surface area contributed by atoms with E-state index in [0.717, 1.165) is 16.7 Å². The average Bonchev–Trinajstić information content (AvgIpc) is 3.02. The molecule has 2 N–H and O–H groups in total. The Morgan fingerprint density at radius 2 is 1.86 bits per heavy atom. The minimum Gasteiger partial charge on any atom is -0.507 e. The third-order valence-corrected chi connectivity index (χ3v) is 4.33. The van der Waals surface area contributed by atoms with E-state index in [2.05, 4.69) is 5.32 Å². The topological polar surface area (TPSA) is 66.4 Å². The van der Waals surface area contributed by atoms with Crippen LogP contribution >= 0.6 is 11.3 Å². The van der Waals surface area contributed by atoms with E-state index >= 15 is 0 Å². The molecule has 0 spiro atoms. The fraction of sp³-hybridized carbons (Fsp3) is 0.294. The molecule has 0 unspecified atom stereocenters. The quantitative estimate of drug-likeness (QED) is 0.803. The van der Waals surface area contributed by atoms with Crippen LogP contribution < -0.4 is 5.32 Å². The highest BCUT2D eigenvalue weighted by Gasteiger charge is 2.10. The van der Waals surface area contributed by atoms with Gasteiger partial charge in [-0.25, -0.2) is 0 Å². The van der Waals surface area contributed by atoms with Crippen molar-refractivity contribution in [2.45, 2.75) is 33.2 Å². The first-order valence-corrected chi connectivity index (χ1v) is 7.98. The Morgan fingerprint density at radius 1 is 1.18 bits per heavy atom. The lowest BCUT2D eigenvalue weighted by atomic mass is 10.1. The Balaban J connectivity index is 1.82. The van der Waals surface area contributed by atoms with Gasteiger partial charge in [-0.1, -0.05) is 18.2 Å². The zero-order valence-electron chi connectivity index (χ0n) is 12.7. The van der Waals surface area contributed by atoms with Crippen molar-refractivity contribution in [2.75, 3.05) is 0 Å². The van der Waals surface area contributed by atoms with Gasteiger partial charge in [0.05, 0.1) is 4.88 Å². The number of phenolic OH excluding ortho intramolecular Hbond substituents is 1. The normalized spacial score (nSPS) is 10.5. The molecule has 0 aliphatic rings. The van der Waals surface area contributed by atoms with E-state index in [4.69, 9.17) is 0 Å². The summed E-state index contributed by atoms with van der Waals surface area (Å²) >= 11 is 1.39. The lowest BCUT2D eigenvalue weighted by Crippen LogP contribution is -2.23. The highest BCUT2D eigenvalue weighted by Crippen LogP contribution is 2.22. The molecule has 22 heavy (non-hydrogen) atoms. The van der Waals surface area contributed by atoms with E-state index < -0.39 is 0 Å². The molecule has 1 heterocycles. The average molecular weight is 317 g/mol. The van der Waals surface area contributed by atoms with Crippen molar-refractivity contribution >= 4 is 23.0 Å². The molecule has 5 heteroatoms.